The zero-order chi connectivity index (χ0) is 22.5. The fourth-order valence-corrected chi connectivity index (χ4v) is 2.89. The van der Waals surface area contributed by atoms with Gasteiger partial charge < -0.3 is 26.6 Å². The number of hydrogen-bond acceptors (Lipinski definition) is 8. The van der Waals surface area contributed by atoms with Crippen LogP contribution >= 0.6 is 0 Å². The molecule has 0 bridgehead atoms. The molecule has 0 aliphatic carbocycles. The number of aromatic hydroxyl groups is 1. The maximum atomic E-state index is 12.4. The third kappa shape index (κ3) is 9.45. The summed E-state index contributed by atoms with van der Waals surface area (Å²) in [5, 5.41) is 27.2. The first-order valence-corrected chi connectivity index (χ1v) is 10.1. The van der Waals surface area contributed by atoms with E-state index < -0.39 is 30.6 Å². The fourth-order valence-electron chi connectivity index (χ4n) is 2.89. The Balaban J connectivity index is 2.51. The average molecular weight is 423 g/mol. The average Bonchev–Trinajstić information content (AvgIpc) is 2.71. The van der Waals surface area contributed by atoms with Gasteiger partial charge in [0, 0.05) is 0 Å². The van der Waals surface area contributed by atoms with Crippen LogP contribution in [0.2, 0.25) is 0 Å². The van der Waals surface area contributed by atoms with Crippen molar-refractivity contribution in [3.05, 3.63) is 29.8 Å². The summed E-state index contributed by atoms with van der Waals surface area (Å²) in [4.78, 5) is 36.5. The molecular formula is C21H34N4O5. The maximum absolute atomic E-state index is 12.4. The summed E-state index contributed by atoms with van der Waals surface area (Å²) in [7, 11) is 1.85. The molecule has 168 valence electrons. The number of nitrogens with two attached hydrogens (primary N) is 1. The molecule has 0 spiro atoms. The number of hydrogen-bond donors (Lipinski definition) is 6. The summed E-state index contributed by atoms with van der Waals surface area (Å²) in [6, 6.07) is 3.95. The van der Waals surface area contributed by atoms with Gasteiger partial charge in [0.1, 0.15) is 11.8 Å². The van der Waals surface area contributed by atoms with E-state index >= 15 is 0 Å². The minimum absolute atomic E-state index is 0.128. The second-order valence-corrected chi connectivity index (χ2v) is 7.33. The normalized spacial score (nSPS) is 14.0. The fraction of sp³-hybridized carbons (Fsp3) is 0.571. The third-order valence-corrected chi connectivity index (χ3v) is 4.80. The highest BCUT2D eigenvalue weighted by Crippen LogP contribution is 2.11. The van der Waals surface area contributed by atoms with Crippen LogP contribution in [0.4, 0.5) is 0 Å². The van der Waals surface area contributed by atoms with E-state index in [-0.39, 0.29) is 30.3 Å². The lowest BCUT2D eigenvalue weighted by molar-refractivity contribution is -0.129. The van der Waals surface area contributed by atoms with Crippen molar-refractivity contribution in [1.82, 2.24) is 16.0 Å². The van der Waals surface area contributed by atoms with E-state index in [0.717, 1.165) is 24.9 Å². The number of amides is 1. The van der Waals surface area contributed by atoms with Crippen molar-refractivity contribution in [3.63, 3.8) is 0 Å². The molecular weight excluding hydrogens is 388 g/mol. The molecule has 9 heteroatoms. The van der Waals surface area contributed by atoms with Crippen LogP contribution in [0.3, 0.4) is 0 Å². The number of ketones is 2. The molecule has 0 aliphatic rings. The first-order valence-electron chi connectivity index (χ1n) is 10.1. The lowest BCUT2D eigenvalue weighted by atomic mass is 10.0. The molecule has 0 aromatic heterocycles. The number of aliphatic hydroxyl groups is 1. The Kier molecular flexibility index (Phi) is 11.8. The minimum atomic E-state index is -1.02. The monoisotopic (exact) mass is 422 g/mol. The van der Waals surface area contributed by atoms with Gasteiger partial charge in [-0.15, -0.1) is 0 Å². The van der Waals surface area contributed by atoms with Crippen LogP contribution in [0.15, 0.2) is 24.3 Å². The predicted octanol–water partition coefficient (Wildman–Crippen LogP) is -0.755. The molecule has 0 aliphatic heterocycles. The van der Waals surface area contributed by atoms with Crippen LogP contribution in [0, 0.1) is 0 Å². The highest BCUT2D eigenvalue weighted by atomic mass is 16.3. The number of aliphatic hydroxyl groups excluding tert-OH is 1. The van der Waals surface area contributed by atoms with Gasteiger partial charge in [-0.25, -0.2) is 0 Å². The molecule has 30 heavy (non-hydrogen) atoms. The number of carbonyl (C=O) groups is 3. The van der Waals surface area contributed by atoms with E-state index in [1.165, 1.54) is 19.1 Å². The number of nitrogens with one attached hydrogen (secondary N) is 3. The van der Waals surface area contributed by atoms with Crippen LogP contribution in [0.5, 0.6) is 5.75 Å². The van der Waals surface area contributed by atoms with Crippen molar-refractivity contribution in [3.8, 4) is 5.75 Å². The predicted molar refractivity (Wildman–Crippen MR) is 114 cm³/mol. The van der Waals surface area contributed by atoms with Crippen LogP contribution in [0.1, 0.15) is 31.7 Å². The topological polar surface area (TPSA) is 154 Å². The number of phenols is 1. The van der Waals surface area contributed by atoms with E-state index in [1.54, 1.807) is 12.1 Å². The van der Waals surface area contributed by atoms with Gasteiger partial charge in [-0.05, 0) is 63.9 Å². The Morgan fingerprint density at radius 2 is 1.77 bits per heavy atom. The lowest BCUT2D eigenvalue weighted by Crippen LogP contribution is -2.53. The largest absolute Gasteiger partial charge is 0.508 e. The van der Waals surface area contributed by atoms with Crippen molar-refractivity contribution in [1.29, 1.82) is 0 Å². The van der Waals surface area contributed by atoms with Gasteiger partial charge in [-0.3, -0.25) is 19.7 Å². The summed E-state index contributed by atoms with van der Waals surface area (Å²) in [6.45, 7) is 1.53. The van der Waals surface area contributed by atoms with E-state index in [1.807, 2.05) is 7.05 Å². The molecule has 0 saturated heterocycles. The van der Waals surface area contributed by atoms with Gasteiger partial charge in [0.15, 0.2) is 11.6 Å². The molecule has 1 aromatic rings. The molecule has 0 radical (unpaired) electrons. The molecule has 9 nitrogen and oxygen atoms in total. The number of benzene rings is 1. The highest BCUT2D eigenvalue weighted by molar-refractivity contribution is 5.90. The van der Waals surface area contributed by atoms with Gasteiger partial charge >= 0.3 is 0 Å². The first kappa shape index (κ1) is 25.7. The SMILES string of the molecule is CNCCCC[C@H](NC(=O)[C@H](CO)NCC(=O)[C@@H](N)Cc1ccc(O)cc1)C(C)=O. The van der Waals surface area contributed by atoms with Gasteiger partial charge in [-0.2, -0.15) is 0 Å². The van der Waals surface area contributed by atoms with Crippen LogP contribution in [-0.4, -0.2) is 72.6 Å². The molecule has 0 heterocycles. The zero-order valence-electron chi connectivity index (χ0n) is 17.7. The van der Waals surface area contributed by atoms with Gasteiger partial charge in [-0.1, -0.05) is 12.1 Å². The molecule has 3 atom stereocenters. The smallest absolute Gasteiger partial charge is 0.240 e. The Morgan fingerprint density at radius 1 is 1.10 bits per heavy atom. The van der Waals surface area contributed by atoms with Gasteiger partial charge in [0.05, 0.1) is 25.2 Å². The Labute approximate surface area is 177 Å². The summed E-state index contributed by atoms with van der Waals surface area (Å²) < 4.78 is 0. The van der Waals surface area contributed by atoms with Crippen LogP contribution < -0.4 is 21.7 Å². The van der Waals surface area contributed by atoms with Gasteiger partial charge in [0.2, 0.25) is 5.91 Å². The van der Waals surface area contributed by atoms with E-state index in [0.29, 0.717) is 6.42 Å². The quantitative estimate of drug-likeness (QED) is 0.202. The molecule has 7 N–H and O–H groups in total. The number of Topliss-reactive ketones (excluding diaryl/α,β-unsaturated/α-hetero) is 2. The molecule has 1 aromatic carbocycles. The maximum Gasteiger partial charge on any atom is 0.240 e. The van der Waals surface area contributed by atoms with Gasteiger partial charge in [0.25, 0.3) is 0 Å². The lowest BCUT2D eigenvalue weighted by Gasteiger charge is -2.21. The van der Waals surface area contributed by atoms with E-state index in [4.69, 9.17) is 5.73 Å². The first-order chi connectivity index (χ1) is 14.3. The van der Waals surface area contributed by atoms with Crippen LogP contribution in [0.25, 0.3) is 0 Å². The van der Waals surface area contributed by atoms with Crippen molar-refractivity contribution < 1.29 is 24.6 Å². The van der Waals surface area contributed by atoms with Crippen molar-refractivity contribution >= 4 is 17.5 Å². The number of phenolic OH excluding ortho intramolecular Hbond substituents is 1. The number of unbranched alkanes of at least 4 members (excludes halogenated alkanes) is 1. The third-order valence-electron chi connectivity index (χ3n) is 4.80. The summed E-state index contributed by atoms with van der Waals surface area (Å²) in [5.41, 5.74) is 6.72. The van der Waals surface area contributed by atoms with Crippen molar-refractivity contribution in [2.24, 2.45) is 5.73 Å². The zero-order valence-corrected chi connectivity index (χ0v) is 17.7. The number of carbonyl (C=O) groups excluding carboxylic acids is 3. The van der Waals surface area contributed by atoms with E-state index in [9.17, 15) is 24.6 Å². The van der Waals surface area contributed by atoms with E-state index in [2.05, 4.69) is 16.0 Å². The summed E-state index contributed by atoms with van der Waals surface area (Å²) in [5.74, 6) is -0.879. The minimum Gasteiger partial charge on any atom is -0.508 e. The summed E-state index contributed by atoms with van der Waals surface area (Å²) >= 11 is 0. The second kappa shape index (κ2) is 13.8. The molecule has 0 unspecified atom stereocenters. The number of rotatable bonds is 15. The Bertz CT molecular complexity index is 680. The molecule has 1 rings (SSSR count). The molecule has 1 amide bonds. The Hall–Kier alpha value is -2.33. The summed E-state index contributed by atoms with van der Waals surface area (Å²) in [6.07, 6.45) is 2.45. The molecule has 0 saturated carbocycles. The van der Waals surface area contributed by atoms with Crippen LogP contribution in [-0.2, 0) is 20.8 Å². The van der Waals surface area contributed by atoms with Crippen molar-refractivity contribution in [2.45, 2.75) is 50.7 Å². The second-order valence-electron chi connectivity index (χ2n) is 7.33. The highest BCUT2D eigenvalue weighted by Gasteiger charge is 2.24. The standard InChI is InChI=1S/C21H34N4O5/c1-14(27)18(5-3-4-10-23-2)25-21(30)19(13-26)24-12-20(29)17(22)11-15-6-8-16(28)9-7-15/h6-9,17-19,23-24,26,28H,3-5,10-13,22H2,1-2H3,(H,25,30)/t17-,18-,19-/m0/s1. The Morgan fingerprint density at radius 3 is 2.33 bits per heavy atom. The molecule has 0 fully saturated rings. The van der Waals surface area contributed by atoms with Crippen molar-refractivity contribution in [2.75, 3.05) is 26.7 Å².